The van der Waals surface area contributed by atoms with E-state index >= 15 is 0 Å². The summed E-state index contributed by atoms with van der Waals surface area (Å²) in [4.78, 5) is 21.1. The minimum atomic E-state index is 0.156. The van der Waals surface area contributed by atoms with Crippen LogP contribution >= 0.6 is 0 Å². The van der Waals surface area contributed by atoms with Crippen molar-refractivity contribution in [2.24, 2.45) is 0 Å². The maximum atomic E-state index is 12.4. The second kappa shape index (κ2) is 8.62. The zero-order valence-corrected chi connectivity index (χ0v) is 14.8. The summed E-state index contributed by atoms with van der Waals surface area (Å²) in [5.41, 5.74) is 2.24. The predicted molar refractivity (Wildman–Crippen MR) is 101 cm³/mol. The van der Waals surface area contributed by atoms with Gasteiger partial charge in [0.15, 0.2) is 0 Å². The third-order valence-corrected chi connectivity index (χ3v) is 4.67. The molecule has 1 aromatic heterocycles. The number of carbonyl (C=O) groups excluding carboxylic acids is 1. The van der Waals surface area contributed by atoms with Crippen LogP contribution in [0.5, 0.6) is 0 Å². The fourth-order valence-corrected chi connectivity index (χ4v) is 3.14. The quantitative estimate of drug-likeness (QED) is 0.879. The number of amides is 1. The van der Waals surface area contributed by atoms with Crippen LogP contribution in [0.4, 0.5) is 5.69 Å². The van der Waals surface area contributed by atoms with E-state index in [9.17, 15) is 4.79 Å². The van der Waals surface area contributed by atoms with Crippen molar-refractivity contribution in [3.05, 3.63) is 60.4 Å². The van der Waals surface area contributed by atoms with E-state index in [-0.39, 0.29) is 11.9 Å². The number of pyridine rings is 1. The van der Waals surface area contributed by atoms with Gasteiger partial charge in [0.05, 0.1) is 5.69 Å². The van der Waals surface area contributed by atoms with E-state index in [2.05, 4.69) is 46.4 Å². The smallest absolute Gasteiger partial charge is 0.223 e. The third-order valence-electron chi connectivity index (χ3n) is 4.67. The Morgan fingerprint density at radius 2 is 1.80 bits per heavy atom. The Kier molecular flexibility index (Phi) is 6.01. The van der Waals surface area contributed by atoms with Crippen LogP contribution in [0, 0.1) is 0 Å². The predicted octanol–water partition coefficient (Wildman–Crippen LogP) is 2.47. The Balaban J connectivity index is 1.39. The van der Waals surface area contributed by atoms with Gasteiger partial charge in [0, 0.05) is 57.1 Å². The molecular formula is C20H26N4O. The Morgan fingerprint density at radius 3 is 2.48 bits per heavy atom. The summed E-state index contributed by atoms with van der Waals surface area (Å²) >= 11 is 0. The molecule has 0 radical (unpaired) electrons. The lowest BCUT2D eigenvalue weighted by atomic mass is 10.2. The molecular weight excluding hydrogens is 312 g/mol. The van der Waals surface area contributed by atoms with Crippen LogP contribution in [-0.4, -0.2) is 48.5 Å². The number of hydrogen-bond acceptors (Lipinski definition) is 4. The Bertz CT molecular complexity index is 654. The van der Waals surface area contributed by atoms with Gasteiger partial charge in [-0.2, -0.15) is 0 Å². The Morgan fingerprint density at radius 1 is 1.08 bits per heavy atom. The average Bonchev–Trinajstić information content (AvgIpc) is 2.69. The first-order chi connectivity index (χ1) is 12.2. The largest absolute Gasteiger partial charge is 0.368 e. The molecule has 0 spiro atoms. The zero-order chi connectivity index (χ0) is 17.5. The van der Waals surface area contributed by atoms with Gasteiger partial charge in [-0.3, -0.25) is 9.78 Å². The van der Waals surface area contributed by atoms with E-state index < -0.39 is 0 Å². The van der Waals surface area contributed by atoms with Crippen molar-refractivity contribution in [2.75, 3.05) is 37.6 Å². The number of nitrogens with one attached hydrogen (secondary N) is 1. The standard InChI is InChI=1S/C20H26N4O/c1-17(19-9-5-6-11-22-19)21-12-10-20(25)24-15-13-23(14-16-24)18-7-3-2-4-8-18/h2-9,11,17,21H,10,12-16H2,1H3/t17-/m1/s1. The average molecular weight is 338 g/mol. The molecule has 5 nitrogen and oxygen atoms in total. The topological polar surface area (TPSA) is 48.5 Å². The van der Waals surface area contributed by atoms with E-state index in [1.807, 2.05) is 29.2 Å². The van der Waals surface area contributed by atoms with Gasteiger partial charge in [0.25, 0.3) is 0 Å². The van der Waals surface area contributed by atoms with Gasteiger partial charge in [0.1, 0.15) is 0 Å². The number of hydrogen-bond donors (Lipinski definition) is 1. The molecule has 1 N–H and O–H groups in total. The molecule has 1 aliphatic heterocycles. The number of piperazine rings is 1. The first-order valence-electron chi connectivity index (χ1n) is 8.96. The molecule has 5 heteroatoms. The van der Waals surface area contributed by atoms with Crippen molar-refractivity contribution in [2.45, 2.75) is 19.4 Å². The molecule has 132 valence electrons. The van der Waals surface area contributed by atoms with Crippen LogP contribution in [-0.2, 0) is 4.79 Å². The Labute approximate surface area is 149 Å². The molecule has 3 rings (SSSR count). The molecule has 1 aromatic carbocycles. The van der Waals surface area contributed by atoms with Crippen LogP contribution in [0.15, 0.2) is 54.7 Å². The fourth-order valence-electron chi connectivity index (χ4n) is 3.14. The highest BCUT2D eigenvalue weighted by Crippen LogP contribution is 2.16. The van der Waals surface area contributed by atoms with Crippen LogP contribution < -0.4 is 10.2 Å². The molecule has 0 bridgehead atoms. The van der Waals surface area contributed by atoms with Crippen molar-refractivity contribution in [3.63, 3.8) is 0 Å². The lowest BCUT2D eigenvalue weighted by Gasteiger charge is -2.36. The summed E-state index contributed by atoms with van der Waals surface area (Å²) in [5, 5.41) is 3.38. The van der Waals surface area contributed by atoms with E-state index in [1.54, 1.807) is 6.20 Å². The van der Waals surface area contributed by atoms with Gasteiger partial charge in [-0.25, -0.2) is 0 Å². The molecule has 0 saturated carbocycles. The van der Waals surface area contributed by atoms with Gasteiger partial charge < -0.3 is 15.1 Å². The van der Waals surface area contributed by atoms with E-state index in [0.717, 1.165) is 31.9 Å². The highest BCUT2D eigenvalue weighted by molar-refractivity contribution is 5.76. The van der Waals surface area contributed by atoms with E-state index in [1.165, 1.54) is 5.69 Å². The minimum Gasteiger partial charge on any atom is -0.368 e. The van der Waals surface area contributed by atoms with Gasteiger partial charge >= 0.3 is 0 Å². The lowest BCUT2D eigenvalue weighted by Crippen LogP contribution is -2.49. The molecule has 1 aliphatic rings. The first kappa shape index (κ1) is 17.4. The Hall–Kier alpha value is -2.40. The second-order valence-corrected chi connectivity index (χ2v) is 6.38. The maximum Gasteiger partial charge on any atom is 0.223 e. The van der Waals surface area contributed by atoms with E-state index in [4.69, 9.17) is 0 Å². The highest BCUT2D eigenvalue weighted by atomic mass is 16.2. The molecule has 1 saturated heterocycles. The molecule has 1 fully saturated rings. The van der Waals surface area contributed by atoms with Crippen molar-refractivity contribution < 1.29 is 4.79 Å². The fraction of sp³-hybridized carbons (Fsp3) is 0.400. The van der Waals surface area contributed by atoms with Crippen molar-refractivity contribution >= 4 is 11.6 Å². The third kappa shape index (κ3) is 4.79. The summed E-state index contributed by atoms with van der Waals surface area (Å²) in [6.07, 6.45) is 2.33. The van der Waals surface area contributed by atoms with E-state index in [0.29, 0.717) is 13.0 Å². The number of aromatic nitrogens is 1. The molecule has 1 atom stereocenters. The molecule has 25 heavy (non-hydrogen) atoms. The summed E-state index contributed by atoms with van der Waals surface area (Å²) in [5.74, 6) is 0.230. The van der Waals surface area contributed by atoms with Crippen LogP contribution in [0.25, 0.3) is 0 Å². The number of anilines is 1. The number of rotatable bonds is 6. The molecule has 0 unspecified atom stereocenters. The molecule has 0 aliphatic carbocycles. The number of nitrogens with zero attached hydrogens (tertiary/aromatic N) is 3. The SMILES string of the molecule is C[C@@H](NCCC(=O)N1CCN(c2ccccc2)CC1)c1ccccn1. The van der Waals surface area contributed by atoms with Crippen molar-refractivity contribution in [1.82, 2.24) is 15.2 Å². The zero-order valence-electron chi connectivity index (χ0n) is 14.8. The number of benzene rings is 1. The first-order valence-corrected chi connectivity index (χ1v) is 8.96. The van der Waals surface area contributed by atoms with Gasteiger partial charge in [-0.15, -0.1) is 0 Å². The molecule has 2 heterocycles. The van der Waals surface area contributed by atoms with Gasteiger partial charge in [-0.05, 0) is 31.2 Å². The number of para-hydroxylation sites is 1. The number of carbonyl (C=O) groups is 1. The maximum absolute atomic E-state index is 12.4. The van der Waals surface area contributed by atoms with Gasteiger partial charge in [0.2, 0.25) is 5.91 Å². The van der Waals surface area contributed by atoms with Crippen molar-refractivity contribution in [1.29, 1.82) is 0 Å². The second-order valence-electron chi connectivity index (χ2n) is 6.38. The van der Waals surface area contributed by atoms with Crippen LogP contribution in [0.3, 0.4) is 0 Å². The minimum absolute atomic E-state index is 0.156. The monoisotopic (exact) mass is 338 g/mol. The van der Waals surface area contributed by atoms with Gasteiger partial charge in [-0.1, -0.05) is 24.3 Å². The highest BCUT2D eigenvalue weighted by Gasteiger charge is 2.21. The molecule has 1 amide bonds. The summed E-state index contributed by atoms with van der Waals surface area (Å²) in [6.45, 7) is 6.13. The van der Waals surface area contributed by atoms with Crippen molar-refractivity contribution in [3.8, 4) is 0 Å². The van der Waals surface area contributed by atoms with Crippen LogP contribution in [0.1, 0.15) is 25.1 Å². The normalized spacial score (nSPS) is 15.9. The lowest BCUT2D eigenvalue weighted by molar-refractivity contribution is -0.131. The summed E-state index contributed by atoms with van der Waals surface area (Å²) in [6, 6.07) is 16.4. The van der Waals surface area contributed by atoms with Crippen LogP contribution in [0.2, 0.25) is 0 Å². The summed E-state index contributed by atoms with van der Waals surface area (Å²) < 4.78 is 0. The molecule has 2 aromatic rings. The summed E-state index contributed by atoms with van der Waals surface area (Å²) in [7, 11) is 0.